The van der Waals surface area contributed by atoms with Crippen molar-refractivity contribution >= 4 is 15.8 Å². The van der Waals surface area contributed by atoms with Crippen LogP contribution in [-0.4, -0.2) is 30.7 Å². The fraction of sp³-hybridized carbons (Fsp3) is 0.500. The standard InChI is InChI=1S/C10H17N3O3S/c1-3-10(2,7-14)13-17(15,16)8-5-4-6-12-9(8)11/h4-6,13-14H,3,7H2,1-2H3,(H2,11,12). The molecule has 0 saturated heterocycles. The lowest BCUT2D eigenvalue weighted by atomic mass is 10.0. The maximum Gasteiger partial charge on any atom is 0.244 e. The van der Waals surface area contributed by atoms with Crippen LogP contribution in [0.15, 0.2) is 23.2 Å². The Labute approximate surface area is 101 Å². The highest BCUT2D eigenvalue weighted by molar-refractivity contribution is 7.89. The smallest absolute Gasteiger partial charge is 0.244 e. The second kappa shape index (κ2) is 4.99. The number of nitrogen functional groups attached to an aromatic ring is 1. The van der Waals surface area contributed by atoms with Crippen LogP contribution in [0.2, 0.25) is 0 Å². The van der Waals surface area contributed by atoms with E-state index in [1.165, 1.54) is 18.3 Å². The van der Waals surface area contributed by atoms with Crippen molar-refractivity contribution in [1.82, 2.24) is 9.71 Å². The average molecular weight is 259 g/mol. The van der Waals surface area contributed by atoms with E-state index in [0.29, 0.717) is 6.42 Å². The summed E-state index contributed by atoms with van der Waals surface area (Å²) in [6.07, 6.45) is 1.88. The fourth-order valence-electron chi connectivity index (χ4n) is 1.23. The van der Waals surface area contributed by atoms with E-state index in [-0.39, 0.29) is 17.3 Å². The Morgan fingerprint density at radius 2 is 2.24 bits per heavy atom. The molecule has 0 spiro atoms. The summed E-state index contributed by atoms with van der Waals surface area (Å²) in [5.74, 6) is -0.0589. The van der Waals surface area contributed by atoms with Crippen LogP contribution >= 0.6 is 0 Å². The van der Waals surface area contributed by atoms with Gasteiger partial charge in [0.25, 0.3) is 0 Å². The first-order chi connectivity index (χ1) is 7.84. The van der Waals surface area contributed by atoms with E-state index in [2.05, 4.69) is 9.71 Å². The van der Waals surface area contributed by atoms with Crippen LogP contribution < -0.4 is 10.5 Å². The van der Waals surface area contributed by atoms with Crippen molar-refractivity contribution in [2.75, 3.05) is 12.3 Å². The zero-order valence-corrected chi connectivity index (χ0v) is 10.7. The summed E-state index contributed by atoms with van der Waals surface area (Å²) in [4.78, 5) is 3.65. The summed E-state index contributed by atoms with van der Waals surface area (Å²) in [5.41, 5.74) is 4.61. The molecule has 1 unspecified atom stereocenters. The van der Waals surface area contributed by atoms with E-state index in [0.717, 1.165) is 0 Å². The largest absolute Gasteiger partial charge is 0.394 e. The molecule has 0 aliphatic heterocycles. The maximum absolute atomic E-state index is 12.0. The topological polar surface area (TPSA) is 105 Å². The molecule has 0 fully saturated rings. The number of aliphatic hydroxyl groups is 1. The molecule has 0 saturated carbocycles. The molecule has 0 amide bonds. The van der Waals surface area contributed by atoms with Crippen molar-refractivity contribution in [3.63, 3.8) is 0 Å². The van der Waals surface area contributed by atoms with Crippen LogP contribution in [0, 0.1) is 0 Å². The average Bonchev–Trinajstić information content (AvgIpc) is 2.28. The minimum absolute atomic E-state index is 0.0589. The van der Waals surface area contributed by atoms with Gasteiger partial charge in [0, 0.05) is 6.20 Å². The lowest BCUT2D eigenvalue weighted by Gasteiger charge is -2.26. The molecule has 17 heavy (non-hydrogen) atoms. The number of aliphatic hydroxyl groups excluding tert-OH is 1. The van der Waals surface area contributed by atoms with Crippen LogP contribution in [0.3, 0.4) is 0 Å². The van der Waals surface area contributed by atoms with E-state index in [1.54, 1.807) is 13.8 Å². The molecule has 1 heterocycles. The van der Waals surface area contributed by atoms with Gasteiger partial charge in [-0.2, -0.15) is 0 Å². The van der Waals surface area contributed by atoms with E-state index in [4.69, 9.17) is 5.73 Å². The minimum atomic E-state index is -3.77. The Morgan fingerprint density at radius 1 is 1.59 bits per heavy atom. The monoisotopic (exact) mass is 259 g/mol. The first kappa shape index (κ1) is 13.9. The Balaban J connectivity index is 3.10. The maximum atomic E-state index is 12.0. The third-order valence-electron chi connectivity index (χ3n) is 2.60. The van der Waals surface area contributed by atoms with Gasteiger partial charge in [-0.05, 0) is 25.5 Å². The number of hydrogen-bond donors (Lipinski definition) is 3. The summed E-state index contributed by atoms with van der Waals surface area (Å²) in [5, 5.41) is 9.19. The summed E-state index contributed by atoms with van der Waals surface area (Å²) in [6.45, 7) is 3.12. The molecule has 6 nitrogen and oxygen atoms in total. The molecule has 7 heteroatoms. The van der Waals surface area contributed by atoms with Gasteiger partial charge in [-0.1, -0.05) is 6.92 Å². The van der Waals surface area contributed by atoms with Crippen molar-refractivity contribution in [2.24, 2.45) is 0 Å². The van der Waals surface area contributed by atoms with Crippen LogP contribution in [0.25, 0.3) is 0 Å². The number of hydrogen-bond acceptors (Lipinski definition) is 5. The molecule has 1 aromatic heterocycles. The van der Waals surface area contributed by atoms with Crippen molar-refractivity contribution < 1.29 is 13.5 Å². The van der Waals surface area contributed by atoms with Crippen molar-refractivity contribution in [2.45, 2.75) is 30.7 Å². The summed E-state index contributed by atoms with van der Waals surface area (Å²) in [6, 6.07) is 2.87. The zero-order chi connectivity index (χ0) is 13.1. The highest BCUT2D eigenvalue weighted by Crippen LogP contribution is 2.18. The predicted molar refractivity (Wildman–Crippen MR) is 64.8 cm³/mol. The molecule has 0 aliphatic rings. The third kappa shape index (κ3) is 3.15. The Hall–Kier alpha value is -1.18. The Kier molecular flexibility index (Phi) is 4.07. The molecule has 0 aromatic carbocycles. The number of pyridine rings is 1. The van der Waals surface area contributed by atoms with Gasteiger partial charge in [0.05, 0.1) is 12.1 Å². The number of anilines is 1. The number of nitrogens with zero attached hydrogens (tertiary/aromatic N) is 1. The predicted octanol–water partition coefficient (Wildman–Crippen LogP) is 0.103. The molecule has 1 aromatic rings. The normalized spacial score (nSPS) is 15.5. The third-order valence-corrected chi connectivity index (χ3v) is 4.29. The molecule has 1 rings (SSSR count). The molecular formula is C10H17N3O3S. The van der Waals surface area contributed by atoms with Gasteiger partial charge in [-0.15, -0.1) is 0 Å². The van der Waals surface area contributed by atoms with Crippen molar-refractivity contribution in [3.05, 3.63) is 18.3 Å². The second-order valence-corrected chi connectivity index (χ2v) is 5.72. The number of nitrogens with two attached hydrogens (primary N) is 1. The number of aromatic nitrogens is 1. The highest BCUT2D eigenvalue weighted by Gasteiger charge is 2.29. The van der Waals surface area contributed by atoms with Crippen LogP contribution in [-0.2, 0) is 10.0 Å². The van der Waals surface area contributed by atoms with Gasteiger partial charge >= 0.3 is 0 Å². The van der Waals surface area contributed by atoms with Gasteiger partial charge < -0.3 is 10.8 Å². The van der Waals surface area contributed by atoms with E-state index in [9.17, 15) is 13.5 Å². The number of sulfonamides is 1. The van der Waals surface area contributed by atoms with Gasteiger partial charge in [0.15, 0.2) is 0 Å². The summed E-state index contributed by atoms with van der Waals surface area (Å²) in [7, 11) is -3.77. The summed E-state index contributed by atoms with van der Waals surface area (Å²) < 4.78 is 26.5. The second-order valence-electron chi connectivity index (χ2n) is 4.06. The fourth-order valence-corrected chi connectivity index (χ4v) is 2.78. The van der Waals surface area contributed by atoms with Gasteiger partial charge in [0.2, 0.25) is 10.0 Å². The van der Waals surface area contributed by atoms with Crippen molar-refractivity contribution in [3.8, 4) is 0 Å². The Morgan fingerprint density at radius 3 is 2.71 bits per heavy atom. The lowest BCUT2D eigenvalue weighted by Crippen LogP contribution is -2.48. The highest BCUT2D eigenvalue weighted by atomic mass is 32.2. The first-order valence-electron chi connectivity index (χ1n) is 5.20. The van der Waals surface area contributed by atoms with Gasteiger partial charge in [-0.25, -0.2) is 18.1 Å². The Bertz CT molecular complexity index is 483. The molecule has 96 valence electrons. The molecule has 1 atom stereocenters. The van der Waals surface area contributed by atoms with Crippen LogP contribution in [0.1, 0.15) is 20.3 Å². The summed E-state index contributed by atoms with van der Waals surface area (Å²) >= 11 is 0. The molecule has 4 N–H and O–H groups in total. The quantitative estimate of drug-likeness (QED) is 0.695. The number of nitrogens with one attached hydrogen (secondary N) is 1. The van der Waals surface area contributed by atoms with Gasteiger partial charge in [-0.3, -0.25) is 0 Å². The van der Waals surface area contributed by atoms with E-state index < -0.39 is 15.6 Å². The molecular weight excluding hydrogens is 242 g/mol. The van der Waals surface area contributed by atoms with Crippen molar-refractivity contribution in [1.29, 1.82) is 0 Å². The number of rotatable bonds is 5. The molecule has 0 bridgehead atoms. The minimum Gasteiger partial charge on any atom is -0.394 e. The SMILES string of the molecule is CCC(C)(CO)NS(=O)(=O)c1cccnc1N. The van der Waals surface area contributed by atoms with Crippen LogP contribution in [0.4, 0.5) is 5.82 Å². The first-order valence-corrected chi connectivity index (χ1v) is 6.68. The van der Waals surface area contributed by atoms with Crippen LogP contribution in [0.5, 0.6) is 0 Å². The molecule has 0 radical (unpaired) electrons. The lowest BCUT2D eigenvalue weighted by molar-refractivity contribution is 0.191. The zero-order valence-electron chi connectivity index (χ0n) is 9.84. The van der Waals surface area contributed by atoms with E-state index >= 15 is 0 Å². The molecule has 0 aliphatic carbocycles. The van der Waals surface area contributed by atoms with E-state index in [1.807, 2.05) is 0 Å². The van der Waals surface area contributed by atoms with Gasteiger partial charge in [0.1, 0.15) is 10.7 Å².